The summed E-state index contributed by atoms with van der Waals surface area (Å²) in [6, 6.07) is 0. The smallest absolute Gasteiger partial charge is 0.0237 e. The molecule has 0 spiro atoms. The summed E-state index contributed by atoms with van der Waals surface area (Å²) >= 11 is 0. The van der Waals surface area contributed by atoms with Crippen LogP contribution in [0.4, 0.5) is 0 Å². The molecular formula is C22H44. The lowest BCUT2D eigenvalue weighted by Gasteiger charge is -2.10. The van der Waals surface area contributed by atoms with Gasteiger partial charge >= 0.3 is 0 Å². The minimum absolute atomic E-state index is 0.724. The lowest BCUT2D eigenvalue weighted by Crippen LogP contribution is -1.94. The molecule has 0 saturated carbocycles. The van der Waals surface area contributed by atoms with Crippen molar-refractivity contribution in [1.82, 2.24) is 0 Å². The molecule has 0 heteroatoms. The van der Waals surface area contributed by atoms with Crippen molar-refractivity contribution < 1.29 is 0 Å². The van der Waals surface area contributed by atoms with Crippen molar-refractivity contribution in [3.05, 3.63) is 12.2 Å². The quantitative estimate of drug-likeness (QED) is 0.187. The zero-order valence-corrected chi connectivity index (χ0v) is 16.1. The first kappa shape index (κ1) is 21.7. The molecule has 0 heterocycles. The first-order valence-electron chi connectivity index (χ1n) is 10.3. The van der Waals surface area contributed by atoms with Gasteiger partial charge in [0.1, 0.15) is 0 Å². The number of rotatable bonds is 17. The first-order valence-corrected chi connectivity index (χ1v) is 10.3. The topological polar surface area (TPSA) is 0 Å². The fourth-order valence-electron chi connectivity index (χ4n) is 3.07. The van der Waals surface area contributed by atoms with Crippen molar-refractivity contribution >= 4 is 0 Å². The van der Waals surface area contributed by atoms with Gasteiger partial charge in [0, 0.05) is 0 Å². The minimum atomic E-state index is 0.724. The summed E-state index contributed by atoms with van der Waals surface area (Å²) in [5.41, 5.74) is 1.35. The standard InChI is InChI=1S/C22H44/c1-5-6-7-8-9-10-11-12-13-14-15-16-17-18-19-20-22(4)21(2)3/h22H,2,5-20H2,1,3-4H3. The molecule has 0 nitrogen and oxygen atoms in total. The molecule has 0 rings (SSSR count). The zero-order chi connectivity index (χ0) is 16.5. The Hall–Kier alpha value is -0.260. The van der Waals surface area contributed by atoms with Gasteiger partial charge in [0.15, 0.2) is 0 Å². The van der Waals surface area contributed by atoms with Crippen LogP contribution in [0.25, 0.3) is 0 Å². The fourth-order valence-corrected chi connectivity index (χ4v) is 3.07. The molecule has 0 aromatic carbocycles. The van der Waals surface area contributed by atoms with Gasteiger partial charge in [0.2, 0.25) is 0 Å². The van der Waals surface area contributed by atoms with Crippen LogP contribution in [0.3, 0.4) is 0 Å². The normalized spacial score (nSPS) is 12.5. The number of unbranched alkanes of at least 4 members (excludes halogenated alkanes) is 14. The predicted octanol–water partition coefficient (Wildman–Crippen LogP) is 8.46. The van der Waals surface area contributed by atoms with Gasteiger partial charge in [0.25, 0.3) is 0 Å². The van der Waals surface area contributed by atoms with E-state index in [-0.39, 0.29) is 0 Å². The van der Waals surface area contributed by atoms with Crippen LogP contribution in [0.2, 0.25) is 0 Å². The number of allylic oxidation sites excluding steroid dienone is 1. The molecule has 22 heavy (non-hydrogen) atoms. The average Bonchev–Trinajstić information content (AvgIpc) is 2.50. The zero-order valence-electron chi connectivity index (χ0n) is 16.1. The first-order chi connectivity index (χ1) is 10.7. The van der Waals surface area contributed by atoms with Gasteiger partial charge < -0.3 is 0 Å². The Bertz CT molecular complexity index is 228. The van der Waals surface area contributed by atoms with E-state index in [4.69, 9.17) is 0 Å². The summed E-state index contributed by atoms with van der Waals surface area (Å²) in [5, 5.41) is 0. The molecule has 1 atom stereocenters. The second-order valence-corrected chi connectivity index (χ2v) is 7.49. The Labute approximate surface area is 142 Å². The van der Waals surface area contributed by atoms with E-state index in [9.17, 15) is 0 Å². The summed E-state index contributed by atoms with van der Waals surface area (Å²) in [5.74, 6) is 0.724. The molecule has 0 saturated heterocycles. The van der Waals surface area contributed by atoms with Crippen LogP contribution in [-0.2, 0) is 0 Å². The largest absolute Gasteiger partial charge is 0.0999 e. The maximum Gasteiger partial charge on any atom is -0.0237 e. The summed E-state index contributed by atoms with van der Waals surface area (Å²) in [6.45, 7) is 10.8. The van der Waals surface area contributed by atoms with Crippen LogP contribution in [0, 0.1) is 5.92 Å². The highest BCUT2D eigenvalue weighted by atomic mass is 14.1. The Morgan fingerprint density at radius 1 is 0.636 bits per heavy atom. The summed E-state index contributed by atoms with van der Waals surface area (Å²) in [4.78, 5) is 0. The van der Waals surface area contributed by atoms with E-state index in [0.717, 1.165) is 5.92 Å². The van der Waals surface area contributed by atoms with Crippen LogP contribution >= 0.6 is 0 Å². The van der Waals surface area contributed by atoms with E-state index in [2.05, 4.69) is 27.4 Å². The maximum absolute atomic E-state index is 4.04. The third-order valence-electron chi connectivity index (χ3n) is 5.08. The lowest BCUT2D eigenvalue weighted by atomic mass is 9.96. The van der Waals surface area contributed by atoms with Crippen LogP contribution in [-0.4, -0.2) is 0 Å². The van der Waals surface area contributed by atoms with Crippen LogP contribution in [0.5, 0.6) is 0 Å². The van der Waals surface area contributed by atoms with Gasteiger partial charge in [-0.15, -0.1) is 0 Å². The van der Waals surface area contributed by atoms with E-state index >= 15 is 0 Å². The highest BCUT2D eigenvalue weighted by molar-refractivity contribution is 4.93. The van der Waals surface area contributed by atoms with E-state index in [1.807, 2.05) is 0 Å². The monoisotopic (exact) mass is 308 g/mol. The average molecular weight is 309 g/mol. The van der Waals surface area contributed by atoms with Gasteiger partial charge in [-0.1, -0.05) is 122 Å². The summed E-state index contributed by atoms with van der Waals surface area (Å²) in [6.07, 6.45) is 23.1. The molecule has 0 aliphatic heterocycles. The van der Waals surface area contributed by atoms with Crippen molar-refractivity contribution in [2.24, 2.45) is 5.92 Å². The Morgan fingerprint density at radius 2 is 0.955 bits per heavy atom. The van der Waals surface area contributed by atoms with Crippen molar-refractivity contribution in [2.75, 3.05) is 0 Å². The molecule has 0 aromatic heterocycles. The second-order valence-electron chi connectivity index (χ2n) is 7.49. The van der Waals surface area contributed by atoms with Crippen molar-refractivity contribution in [3.8, 4) is 0 Å². The summed E-state index contributed by atoms with van der Waals surface area (Å²) in [7, 11) is 0. The Balaban J connectivity index is 3.04. The second kappa shape index (κ2) is 17.1. The highest BCUT2D eigenvalue weighted by Gasteiger charge is 2.01. The molecule has 1 unspecified atom stereocenters. The maximum atomic E-state index is 4.04. The molecule has 0 bridgehead atoms. The van der Waals surface area contributed by atoms with Crippen molar-refractivity contribution in [2.45, 2.75) is 124 Å². The molecular weight excluding hydrogens is 264 g/mol. The molecule has 0 aliphatic rings. The van der Waals surface area contributed by atoms with Gasteiger partial charge in [-0.25, -0.2) is 0 Å². The molecule has 0 aromatic rings. The van der Waals surface area contributed by atoms with E-state index in [1.54, 1.807) is 0 Å². The molecule has 132 valence electrons. The molecule has 0 N–H and O–H groups in total. The van der Waals surface area contributed by atoms with Crippen LogP contribution in [0.15, 0.2) is 12.2 Å². The number of hydrogen-bond acceptors (Lipinski definition) is 0. The third-order valence-corrected chi connectivity index (χ3v) is 5.08. The lowest BCUT2D eigenvalue weighted by molar-refractivity contribution is 0.511. The molecule has 0 fully saturated rings. The minimum Gasteiger partial charge on any atom is -0.0999 e. The van der Waals surface area contributed by atoms with E-state index in [1.165, 1.54) is 108 Å². The van der Waals surface area contributed by atoms with Crippen molar-refractivity contribution in [1.29, 1.82) is 0 Å². The van der Waals surface area contributed by atoms with E-state index in [0.29, 0.717) is 0 Å². The highest BCUT2D eigenvalue weighted by Crippen LogP contribution is 2.17. The third kappa shape index (κ3) is 16.1. The van der Waals surface area contributed by atoms with Crippen molar-refractivity contribution in [3.63, 3.8) is 0 Å². The van der Waals surface area contributed by atoms with Gasteiger partial charge in [-0.2, -0.15) is 0 Å². The van der Waals surface area contributed by atoms with Gasteiger partial charge in [-0.3, -0.25) is 0 Å². The van der Waals surface area contributed by atoms with Crippen LogP contribution in [0.1, 0.15) is 124 Å². The summed E-state index contributed by atoms with van der Waals surface area (Å²) < 4.78 is 0. The number of hydrogen-bond donors (Lipinski definition) is 0. The molecule has 0 aliphatic carbocycles. The Morgan fingerprint density at radius 3 is 1.27 bits per heavy atom. The predicted molar refractivity (Wildman–Crippen MR) is 104 cm³/mol. The SMILES string of the molecule is C=C(C)C(C)CCCCCCCCCCCCCCCCC. The Kier molecular flexibility index (Phi) is 16.9. The van der Waals surface area contributed by atoms with E-state index < -0.39 is 0 Å². The molecule has 0 radical (unpaired) electrons. The van der Waals surface area contributed by atoms with Gasteiger partial charge in [0.05, 0.1) is 0 Å². The van der Waals surface area contributed by atoms with Gasteiger partial charge in [-0.05, 0) is 19.3 Å². The molecule has 0 amide bonds. The van der Waals surface area contributed by atoms with Crippen LogP contribution < -0.4 is 0 Å². The fraction of sp³-hybridized carbons (Fsp3) is 0.909.